The highest BCUT2D eigenvalue weighted by Gasteiger charge is 2.23. The van der Waals surface area contributed by atoms with Crippen molar-refractivity contribution in [3.05, 3.63) is 533 Å². The quantitative estimate of drug-likeness (QED) is 0.0250. The number of carbonyl (C=O) groups excluding carboxylic acids is 6. The molecule has 0 spiro atoms. The molecule has 0 amide bonds. The summed E-state index contributed by atoms with van der Waals surface area (Å²) >= 11 is 0. The van der Waals surface area contributed by atoms with Gasteiger partial charge in [0.05, 0.1) is 67.8 Å². The Morgan fingerprint density at radius 2 is 0.425 bits per heavy atom. The van der Waals surface area contributed by atoms with Crippen LogP contribution in [0.25, 0.3) is 33.4 Å². The maximum atomic E-state index is 15.0. The molecular formula is C116H66F14N4O12. The van der Waals surface area contributed by atoms with Crippen LogP contribution in [0.15, 0.2) is 352 Å². The fourth-order valence-corrected chi connectivity index (χ4v) is 14.2. The van der Waals surface area contributed by atoms with Crippen LogP contribution in [0.3, 0.4) is 0 Å². The van der Waals surface area contributed by atoms with Crippen LogP contribution in [0, 0.1) is 127 Å². The fraction of sp³-hybridized carbons (Fsp3) is 0.0345. The van der Waals surface area contributed by atoms with Crippen molar-refractivity contribution >= 4 is 35.8 Å². The van der Waals surface area contributed by atoms with Gasteiger partial charge in [-0.05, 0) is 274 Å². The Kier molecular flexibility index (Phi) is 33.3. The van der Waals surface area contributed by atoms with Crippen molar-refractivity contribution in [1.82, 2.24) is 0 Å². The summed E-state index contributed by atoms with van der Waals surface area (Å²) < 4.78 is 221. The van der Waals surface area contributed by atoms with E-state index < -0.39 is 129 Å². The van der Waals surface area contributed by atoms with Crippen molar-refractivity contribution in [3.8, 4) is 92.2 Å². The van der Waals surface area contributed by atoms with Crippen LogP contribution < -0.4 is 28.4 Å². The van der Waals surface area contributed by atoms with Crippen LogP contribution in [0.1, 0.15) is 129 Å². The third-order valence-electron chi connectivity index (χ3n) is 21.8. The van der Waals surface area contributed by atoms with Gasteiger partial charge >= 0.3 is 35.8 Å². The summed E-state index contributed by atoms with van der Waals surface area (Å²) in [5, 5.41) is 35.2. The summed E-state index contributed by atoms with van der Waals surface area (Å²) in [5.74, 6) is -20.2. The van der Waals surface area contributed by atoms with Crippen molar-refractivity contribution < 1.29 is 119 Å². The van der Waals surface area contributed by atoms with E-state index in [-0.39, 0.29) is 62.4 Å². The molecule has 0 aromatic heterocycles. The van der Waals surface area contributed by atoms with Gasteiger partial charge in [0.15, 0.2) is 58.2 Å². The number of ether oxygens (including phenoxy) is 6. The molecule has 0 atom stereocenters. The molecular weight excluding hydrogens is 1910 g/mol. The summed E-state index contributed by atoms with van der Waals surface area (Å²) in [5.41, 5.74) is 11.2. The van der Waals surface area contributed by atoms with E-state index in [0.29, 0.717) is 111 Å². The van der Waals surface area contributed by atoms with Crippen LogP contribution in [-0.4, -0.2) is 35.8 Å². The largest absolute Gasteiger partial charge is 0.423 e. The van der Waals surface area contributed by atoms with Gasteiger partial charge in [0.25, 0.3) is 0 Å². The maximum absolute atomic E-state index is 15.0. The van der Waals surface area contributed by atoms with Gasteiger partial charge in [0.2, 0.25) is 0 Å². The van der Waals surface area contributed by atoms with Gasteiger partial charge in [-0.15, -0.1) is 0 Å². The number of carbonyl (C=O) groups is 6. The van der Waals surface area contributed by atoms with Gasteiger partial charge in [-0.3, -0.25) is 0 Å². The van der Waals surface area contributed by atoms with Crippen LogP contribution in [-0.2, 0) is 25.7 Å². The number of hydrogen-bond acceptors (Lipinski definition) is 16. The Bertz CT molecular complexity index is 7590. The van der Waals surface area contributed by atoms with E-state index in [4.69, 9.17) is 49.5 Å². The molecule has 0 fully saturated rings. The van der Waals surface area contributed by atoms with Crippen LogP contribution in [0.5, 0.6) is 34.5 Å². The minimum absolute atomic E-state index is 0.00601. The molecule has 17 aromatic rings. The molecule has 0 N–H and O–H groups in total. The zero-order valence-electron chi connectivity index (χ0n) is 75.3. The predicted octanol–water partition coefficient (Wildman–Crippen LogP) is 26.9. The van der Waals surface area contributed by atoms with Crippen LogP contribution >= 0.6 is 0 Å². The minimum atomic E-state index is -1.67. The second kappa shape index (κ2) is 47.5. The highest BCUT2D eigenvalue weighted by Crippen LogP contribution is 2.34. The summed E-state index contributed by atoms with van der Waals surface area (Å²) in [6.45, 7) is 0. The highest BCUT2D eigenvalue weighted by molar-refractivity contribution is 5.94. The molecule has 720 valence electrons. The molecule has 0 unspecified atom stereocenters. The van der Waals surface area contributed by atoms with Gasteiger partial charge < -0.3 is 28.4 Å². The first kappa shape index (κ1) is 102. The van der Waals surface area contributed by atoms with Gasteiger partial charge in [-0.2, -0.15) is 21.0 Å². The van der Waals surface area contributed by atoms with Gasteiger partial charge in [-0.1, -0.05) is 133 Å². The number of rotatable bonds is 23. The smallest absolute Gasteiger partial charge is 0.343 e. The average Bonchev–Trinajstić information content (AvgIpc) is 0.802. The fourth-order valence-electron chi connectivity index (χ4n) is 14.2. The molecule has 0 saturated carbocycles. The lowest BCUT2D eigenvalue weighted by Crippen LogP contribution is -2.10. The summed E-state index contributed by atoms with van der Waals surface area (Å²) in [7, 11) is 0. The Morgan fingerprint density at radius 3 is 0.705 bits per heavy atom. The second-order valence-electron chi connectivity index (χ2n) is 31.9. The normalized spacial score (nSPS) is 10.5. The molecule has 30 heteroatoms. The van der Waals surface area contributed by atoms with Crippen LogP contribution in [0.4, 0.5) is 61.5 Å². The van der Waals surface area contributed by atoms with Crippen molar-refractivity contribution in [1.29, 1.82) is 21.0 Å². The number of nitriles is 4. The molecule has 16 nitrogen and oxygen atoms in total. The third kappa shape index (κ3) is 27.2. The molecule has 0 aliphatic carbocycles. The van der Waals surface area contributed by atoms with Gasteiger partial charge in [0, 0.05) is 47.5 Å². The molecule has 0 radical (unpaired) electrons. The third-order valence-corrected chi connectivity index (χ3v) is 21.8. The lowest BCUT2D eigenvalue weighted by molar-refractivity contribution is 0.0723. The van der Waals surface area contributed by atoms with Gasteiger partial charge in [0.1, 0.15) is 69.9 Å². The second-order valence-corrected chi connectivity index (χ2v) is 31.9. The molecule has 17 aromatic carbocycles. The lowest BCUT2D eigenvalue weighted by Gasteiger charge is -2.10. The van der Waals surface area contributed by atoms with E-state index in [9.17, 15) is 90.2 Å². The van der Waals surface area contributed by atoms with Gasteiger partial charge in [-0.25, -0.2) is 90.2 Å². The summed E-state index contributed by atoms with van der Waals surface area (Å²) in [6.07, 6.45) is 1.80. The summed E-state index contributed by atoms with van der Waals surface area (Å²) in [4.78, 5) is 73.8. The Balaban J connectivity index is 0.000000154. The number of hydrogen-bond donors (Lipinski definition) is 0. The maximum Gasteiger partial charge on any atom is 0.343 e. The monoisotopic (exact) mass is 1970 g/mol. The van der Waals surface area contributed by atoms with E-state index >= 15 is 0 Å². The van der Waals surface area contributed by atoms with Crippen molar-refractivity contribution in [2.24, 2.45) is 0 Å². The molecule has 0 aliphatic heterocycles. The molecule has 0 heterocycles. The minimum Gasteiger partial charge on any atom is -0.423 e. The number of nitrogens with zero attached hydrogens (tertiary/aromatic N) is 4. The van der Waals surface area contributed by atoms with Crippen molar-refractivity contribution in [2.45, 2.75) is 25.7 Å². The first-order chi connectivity index (χ1) is 70.3. The molecule has 0 saturated heterocycles. The Labute approximate surface area is 822 Å². The molecule has 17 rings (SSSR count). The summed E-state index contributed by atoms with van der Waals surface area (Å²) in [6, 6.07) is 91.9. The Hall–Kier alpha value is -19.5. The van der Waals surface area contributed by atoms with Crippen LogP contribution in [0.2, 0.25) is 0 Å². The van der Waals surface area contributed by atoms with E-state index in [1.165, 1.54) is 78.9 Å². The van der Waals surface area contributed by atoms with E-state index in [1.54, 1.807) is 200 Å². The zero-order valence-corrected chi connectivity index (χ0v) is 75.3. The highest BCUT2D eigenvalue weighted by atomic mass is 19.2. The Morgan fingerprint density at radius 1 is 0.185 bits per heavy atom. The predicted molar refractivity (Wildman–Crippen MR) is 506 cm³/mol. The molecule has 0 bridgehead atoms. The SMILES string of the molecule is Fc1ccc(-c2ccc(-c3ccc(Cc4ccc(-c5ccc(F)c(F)c5)c(F)c4)cc3F)cc2)cc1F.N#Cc1ccc(OC(=O)c2ccc(Cc3ccc(C(=O)Oc4ccc(C#N)c(F)c4)cc3)cc2)cc1F.N#Cc1ccc(OC(=O)c2ccc(Cc3ccc(C(=O)Oc4ccc(C#N)cc4)cc3)cc2)cc1.O=C(Oc1cc(F)c(F)c(F)c1)c1ccc(Cc2ccc(C(=O)Oc3cc(F)c(F)c(F)c3)cc2)cc1. The number of esters is 6. The van der Waals surface area contributed by atoms with Crippen molar-refractivity contribution in [3.63, 3.8) is 0 Å². The molecule has 0 aliphatic rings. The lowest BCUT2D eigenvalue weighted by atomic mass is 9.96. The van der Waals surface area contributed by atoms with E-state index in [2.05, 4.69) is 0 Å². The standard InChI is InChI=1S/C31H18F6.C29H16F2N2O4.C29H18N2O4.C27H14F6O4/c32-26-11-7-22(16-30(26)36)20-3-5-21(6-4-20)24-9-1-18(14-28(24)34)13-19-2-10-25(29(35)15-19)23-8-12-27(33)31(37)17-23;30-26-14-24(11-9-22(26)16-32)36-28(34)20-5-1-18(2-6-20)13-19-3-7-21(8-4-19)29(35)37-25-12-10-23(17-33)27(31)15-25;30-18-22-5-13-26(14-6-22)34-28(32)24-9-1-20(2-10-24)17-21-3-11-25(12-4-21)29(33)35-27-15-7-23(19-31)8-16-27;28-20-10-18(11-21(29)24(20)32)36-26(34)16-5-1-14(2-6-16)9-15-3-7-17(8-4-15)27(35)37-19-12-22(30)25(33)23(31)13-19/h1-12,14-17H,13H2;1-12,14-15H,13H2;1-16H,17H2;1-8,10-13H,9H2. The first-order valence-electron chi connectivity index (χ1n) is 43.4. The average molecular weight is 1970 g/mol. The molecule has 146 heavy (non-hydrogen) atoms. The van der Waals surface area contributed by atoms with E-state index in [0.717, 1.165) is 69.8 Å². The van der Waals surface area contributed by atoms with E-state index in [1.807, 2.05) is 36.4 Å². The number of halogens is 14. The zero-order chi connectivity index (χ0) is 104. The number of benzene rings is 17. The topological polar surface area (TPSA) is 253 Å². The van der Waals surface area contributed by atoms with Crippen molar-refractivity contribution in [2.75, 3.05) is 0 Å². The first-order valence-corrected chi connectivity index (χ1v) is 43.4.